The van der Waals surface area contributed by atoms with Crippen LogP contribution in [0.2, 0.25) is 0 Å². The summed E-state index contributed by atoms with van der Waals surface area (Å²) >= 11 is 0.673. The Morgan fingerprint density at radius 3 is 2.39 bits per heavy atom. The van der Waals surface area contributed by atoms with Crippen LogP contribution in [-0.2, 0) is 9.53 Å². The first kappa shape index (κ1) is 26.6. The molecular formula is C24H27FN6O4S. The minimum absolute atomic E-state index is 0.104. The van der Waals surface area contributed by atoms with Crippen LogP contribution >= 0.6 is 11.5 Å². The number of primary amides is 1. The third kappa shape index (κ3) is 5.78. The minimum Gasteiger partial charge on any atom is -0.395 e. The van der Waals surface area contributed by atoms with Crippen molar-refractivity contribution in [3.8, 4) is 0 Å². The fourth-order valence-corrected chi connectivity index (χ4v) is 4.24. The molecule has 5 N–H and O–H groups in total. The highest BCUT2D eigenvalue weighted by Gasteiger charge is 2.36. The molecule has 0 spiro atoms. The number of nitrogens with zero attached hydrogens (tertiary/aromatic N) is 3. The predicted octanol–water partition coefficient (Wildman–Crippen LogP) is 2.18. The molecule has 1 heterocycles. The number of aromatic nitrogens is 1. The zero-order valence-electron chi connectivity index (χ0n) is 20.0. The van der Waals surface area contributed by atoms with Gasteiger partial charge in [-0.15, -0.1) is 0 Å². The van der Waals surface area contributed by atoms with Gasteiger partial charge < -0.3 is 26.4 Å². The van der Waals surface area contributed by atoms with Crippen molar-refractivity contribution < 1.29 is 23.5 Å². The molecule has 1 atom stereocenters. The lowest BCUT2D eigenvalue weighted by Gasteiger charge is -2.31. The maximum atomic E-state index is 14.3. The van der Waals surface area contributed by atoms with Gasteiger partial charge >= 0.3 is 0 Å². The average molecular weight is 515 g/mol. The number of hydrogen-bond acceptors (Lipinski definition) is 8. The van der Waals surface area contributed by atoms with E-state index in [2.05, 4.69) is 9.69 Å². The molecule has 0 saturated heterocycles. The van der Waals surface area contributed by atoms with Gasteiger partial charge in [-0.3, -0.25) is 19.3 Å². The molecule has 0 aliphatic heterocycles. The van der Waals surface area contributed by atoms with Crippen LogP contribution < -0.4 is 26.6 Å². The number of ether oxygens (including phenoxy) is 1. The molecular weight excluding hydrogens is 487 g/mol. The molecule has 190 valence electrons. The van der Waals surface area contributed by atoms with Crippen LogP contribution in [0.1, 0.15) is 31.8 Å². The van der Waals surface area contributed by atoms with Crippen molar-refractivity contribution in [1.82, 2.24) is 9.69 Å². The number of anilines is 3. The second-order valence-corrected chi connectivity index (χ2v) is 8.74. The SMILES string of the molecule is COCCNC(=O)C(c1ccc(N(C)C)cc1)N(C(=O)c1snc(C(N)=O)c1N)c1cccc(F)c1. The van der Waals surface area contributed by atoms with Gasteiger partial charge in [-0.1, -0.05) is 18.2 Å². The van der Waals surface area contributed by atoms with Crippen LogP contribution in [0.15, 0.2) is 48.5 Å². The quantitative estimate of drug-likeness (QED) is 0.352. The first-order valence-electron chi connectivity index (χ1n) is 10.8. The van der Waals surface area contributed by atoms with E-state index in [4.69, 9.17) is 16.2 Å². The molecule has 36 heavy (non-hydrogen) atoms. The second kappa shape index (κ2) is 11.6. The third-order valence-corrected chi connectivity index (χ3v) is 6.15. The fourth-order valence-electron chi connectivity index (χ4n) is 3.49. The summed E-state index contributed by atoms with van der Waals surface area (Å²) in [7, 11) is 5.24. The van der Waals surface area contributed by atoms with Crippen LogP contribution in [0.25, 0.3) is 0 Å². The zero-order chi connectivity index (χ0) is 26.4. The van der Waals surface area contributed by atoms with Crippen molar-refractivity contribution >= 4 is 46.3 Å². The largest absolute Gasteiger partial charge is 0.395 e. The van der Waals surface area contributed by atoms with Crippen molar-refractivity contribution in [1.29, 1.82) is 0 Å². The first-order valence-corrected chi connectivity index (χ1v) is 11.6. The number of hydrogen-bond donors (Lipinski definition) is 3. The lowest BCUT2D eigenvalue weighted by Crippen LogP contribution is -2.44. The van der Waals surface area contributed by atoms with E-state index in [0.717, 1.165) is 16.7 Å². The smallest absolute Gasteiger partial charge is 0.273 e. The summed E-state index contributed by atoms with van der Waals surface area (Å²) in [5.74, 6) is -2.78. The number of nitrogens with one attached hydrogen (secondary N) is 1. The van der Waals surface area contributed by atoms with E-state index in [1.54, 1.807) is 24.3 Å². The number of nitrogens with two attached hydrogens (primary N) is 2. The molecule has 0 fully saturated rings. The highest BCUT2D eigenvalue weighted by atomic mass is 32.1. The van der Waals surface area contributed by atoms with Crippen molar-refractivity contribution in [2.45, 2.75) is 6.04 Å². The van der Waals surface area contributed by atoms with E-state index in [9.17, 15) is 18.8 Å². The Labute approximate surface area is 211 Å². The van der Waals surface area contributed by atoms with E-state index < -0.39 is 29.6 Å². The van der Waals surface area contributed by atoms with E-state index in [-0.39, 0.29) is 35.1 Å². The van der Waals surface area contributed by atoms with Crippen molar-refractivity contribution in [2.24, 2.45) is 5.73 Å². The van der Waals surface area contributed by atoms with Crippen molar-refractivity contribution in [2.75, 3.05) is 49.9 Å². The number of nitrogen functional groups attached to an aromatic ring is 1. The van der Waals surface area contributed by atoms with E-state index in [0.29, 0.717) is 17.1 Å². The van der Waals surface area contributed by atoms with Crippen molar-refractivity contribution in [3.63, 3.8) is 0 Å². The average Bonchev–Trinajstić information content (AvgIpc) is 3.23. The van der Waals surface area contributed by atoms with E-state index in [1.807, 2.05) is 19.0 Å². The van der Waals surface area contributed by atoms with Gasteiger partial charge in [-0.2, -0.15) is 4.37 Å². The highest BCUT2D eigenvalue weighted by molar-refractivity contribution is 7.09. The summed E-state index contributed by atoms with van der Waals surface area (Å²) in [6.07, 6.45) is 0. The Morgan fingerprint density at radius 1 is 1.14 bits per heavy atom. The summed E-state index contributed by atoms with van der Waals surface area (Å²) in [5.41, 5.74) is 12.3. The molecule has 12 heteroatoms. The zero-order valence-corrected chi connectivity index (χ0v) is 20.8. The van der Waals surface area contributed by atoms with Gasteiger partial charge in [0.2, 0.25) is 5.91 Å². The summed E-state index contributed by atoms with van der Waals surface area (Å²) in [4.78, 5) is 41.9. The van der Waals surface area contributed by atoms with Gasteiger partial charge in [-0.25, -0.2) is 4.39 Å². The van der Waals surface area contributed by atoms with Crippen LogP contribution in [0, 0.1) is 5.82 Å². The maximum Gasteiger partial charge on any atom is 0.273 e. The summed E-state index contributed by atoms with van der Waals surface area (Å²) in [6.45, 7) is 0.428. The molecule has 3 aromatic rings. The van der Waals surface area contributed by atoms with Crippen LogP contribution in [0.5, 0.6) is 0 Å². The number of benzene rings is 2. The Balaban J connectivity index is 2.18. The lowest BCUT2D eigenvalue weighted by atomic mass is 10.0. The molecule has 0 aliphatic rings. The molecule has 10 nitrogen and oxygen atoms in total. The molecule has 0 aliphatic carbocycles. The van der Waals surface area contributed by atoms with Gasteiger partial charge in [0.15, 0.2) is 5.69 Å². The number of carbonyl (C=O) groups excluding carboxylic acids is 3. The molecule has 3 rings (SSSR count). The van der Waals surface area contributed by atoms with Crippen LogP contribution in [-0.4, -0.2) is 56.5 Å². The maximum absolute atomic E-state index is 14.3. The molecule has 3 amide bonds. The van der Waals surface area contributed by atoms with Crippen LogP contribution in [0.4, 0.5) is 21.5 Å². The third-order valence-electron chi connectivity index (χ3n) is 5.30. The van der Waals surface area contributed by atoms with Gasteiger partial charge in [0, 0.05) is 39.1 Å². The fraction of sp³-hybridized carbons (Fsp3) is 0.250. The van der Waals surface area contributed by atoms with Gasteiger partial charge in [0.25, 0.3) is 11.8 Å². The number of amides is 3. The summed E-state index contributed by atoms with van der Waals surface area (Å²) < 4.78 is 23.2. The Kier molecular flexibility index (Phi) is 8.56. The topological polar surface area (TPSA) is 144 Å². The first-order chi connectivity index (χ1) is 17.1. The predicted molar refractivity (Wildman–Crippen MR) is 137 cm³/mol. The number of carbonyl (C=O) groups is 3. The Bertz CT molecular complexity index is 1250. The molecule has 0 saturated carbocycles. The number of methoxy groups -OCH3 is 1. The molecule has 0 radical (unpaired) electrons. The van der Waals surface area contributed by atoms with Gasteiger partial charge in [0.1, 0.15) is 16.7 Å². The van der Waals surface area contributed by atoms with E-state index in [1.165, 1.54) is 25.3 Å². The monoisotopic (exact) mass is 514 g/mol. The minimum atomic E-state index is -1.22. The van der Waals surface area contributed by atoms with E-state index >= 15 is 0 Å². The molecule has 1 aromatic heterocycles. The Morgan fingerprint density at radius 2 is 1.83 bits per heavy atom. The summed E-state index contributed by atoms with van der Waals surface area (Å²) in [6, 6.07) is 11.1. The molecule has 0 bridgehead atoms. The standard InChI is InChI=1S/C24H27FN6O4S/c1-30(2)16-9-7-14(8-10-16)20(23(33)28-11-12-35-3)31(17-6-4-5-15(25)13-17)24(34)21-18(26)19(22(27)32)29-36-21/h4-10,13,20H,11-12,26H2,1-3H3,(H2,27,32)(H,28,33). The molecule has 1 unspecified atom stereocenters. The number of halogens is 1. The highest BCUT2D eigenvalue weighted by Crippen LogP contribution is 2.34. The Hall–Kier alpha value is -4.03. The lowest BCUT2D eigenvalue weighted by molar-refractivity contribution is -0.122. The number of rotatable bonds is 10. The second-order valence-electron chi connectivity index (χ2n) is 7.97. The van der Waals surface area contributed by atoms with Gasteiger partial charge in [0.05, 0.1) is 12.3 Å². The summed E-state index contributed by atoms with van der Waals surface area (Å²) in [5, 5.41) is 2.75. The van der Waals surface area contributed by atoms with Gasteiger partial charge in [-0.05, 0) is 47.4 Å². The van der Waals surface area contributed by atoms with Crippen LogP contribution in [0.3, 0.4) is 0 Å². The van der Waals surface area contributed by atoms with Crippen molar-refractivity contribution in [3.05, 3.63) is 70.5 Å². The molecule has 2 aromatic carbocycles. The normalized spacial score (nSPS) is 11.6.